The zero-order valence-electron chi connectivity index (χ0n) is 12.7. The highest BCUT2D eigenvalue weighted by atomic mass is 35.5. The van der Waals surface area contributed by atoms with Gasteiger partial charge in [0.25, 0.3) is 0 Å². The molecule has 2 aromatic rings. The summed E-state index contributed by atoms with van der Waals surface area (Å²) >= 11 is 5.68. The lowest BCUT2D eigenvalue weighted by molar-refractivity contribution is -0.115. The topological polar surface area (TPSA) is 60.5 Å². The third-order valence-corrected chi connectivity index (χ3v) is 3.11. The van der Waals surface area contributed by atoms with E-state index < -0.39 is 0 Å². The van der Waals surface area contributed by atoms with Crippen molar-refractivity contribution < 1.29 is 14.3 Å². The molecule has 0 saturated heterocycles. The van der Waals surface area contributed by atoms with Crippen LogP contribution in [-0.4, -0.2) is 25.1 Å². The maximum absolute atomic E-state index is 11.8. The Hall–Kier alpha value is -2.71. The zero-order valence-corrected chi connectivity index (χ0v) is 13.5. The summed E-state index contributed by atoms with van der Waals surface area (Å²) in [6.07, 6.45) is 1.53. The number of hydrogen-bond donors (Lipinski definition) is 1. The summed E-state index contributed by atoms with van der Waals surface area (Å²) < 4.78 is 10.4. The first kappa shape index (κ1) is 16.7. The minimum atomic E-state index is -0.233. The number of carbonyl (C=O) groups is 1. The number of rotatable bonds is 4. The third kappa shape index (κ3) is 4.90. The Balaban J connectivity index is 2.02. The van der Waals surface area contributed by atoms with Crippen LogP contribution in [0.1, 0.15) is 12.0 Å². The maximum Gasteiger partial charge on any atom is 0.236 e. The lowest BCUT2D eigenvalue weighted by atomic mass is 10.2. The van der Waals surface area contributed by atoms with Crippen molar-refractivity contribution in [3.63, 3.8) is 0 Å². The number of halogens is 1. The molecule has 0 unspecified atom stereocenters. The monoisotopic (exact) mass is 330 g/mol. The number of amides is 1. The summed E-state index contributed by atoms with van der Waals surface area (Å²) in [4.78, 5) is 15.7. The molecule has 1 aromatic carbocycles. The molecule has 1 N–H and O–H groups in total. The molecule has 23 heavy (non-hydrogen) atoms. The largest absolute Gasteiger partial charge is 0.497 e. The zero-order chi connectivity index (χ0) is 16.7. The number of ether oxygens (including phenoxy) is 2. The van der Waals surface area contributed by atoms with Crippen molar-refractivity contribution in [1.82, 2.24) is 4.98 Å². The van der Waals surface area contributed by atoms with E-state index in [1.54, 1.807) is 44.6 Å². The standard InChI is InChI=1S/C17H15ClN2O3/c1-22-14-7-8-15(23-2)12(10-14)4-3-5-17(21)20-13-6-9-16(18)19-11-13/h6-11H,5H2,1-2H3,(H,20,21). The van der Waals surface area contributed by atoms with Crippen LogP contribution in [0, 0.1) is 11.8 Å². The molecule has 0 fully saturated rings. The summed E-state index contributed by atoms with van der Waals surface area (Å²) in [6, 6.07) is 8.58. The number of aromatic nitrogens is 1. The number of nitrogens with one attached hydrogen (secondary N) is 1. The molecule has 0 spiro atoms. The molecule has 0 bridgehead atoms. The van der Waals surface area contributed by atoms with Gasteiger partial charge in [0.05, 0.1) is 38.1 Å². The van der Waals surface area contributed by atoms with Gasteiger partial charge in [-0.3, -0.25) is 4.79 Å². The van der Waals surface area contributed by atoms with Crippen LogP contribution < -0.4 is 14.8 Å². The number of pyridine rings is 1. The quantitative estimate of drug-likeness (QED) is 0.691. The summed E-state index contributed by atoms with van der Waals surface area (Å²) in [5.74, 6) is 6.79. The SMILES string of the molecule is COc1ccc(OC)c(C#CCC(=O)Nc2ccc(Cl)nc2)c1. The summed E-state index contributed by atoms with van der Waals surface area (Å²) in [6.45, 7) is 0. The van der Waals surface area contributed by atoms with Crippen molar-refractivity contribution in [2.75, 3.05) is 19.5 Å². The fraction of sp³-hybridized carbons (Fsp3) is 0.176. The molecule has 0 aliphatic heterocycles. The highest BCUT2D eigenvalue weighted by molar-refractivity contribution is 6.29. The van der Waals surface area contributed by atoms with E-state index >= 15 is 0 Å². The van der Waals surface area contributed by atoms with Crippen LogP contribution in [0.5, 0.6) is 11.5 Å². The molecule has 1 heterocycles. The lowest BCUT2D eigenvalue weighted by Gasteiger charge is -2.05. The number of anilines is 1. The van der Waals surface area contributed by atoms with Gasteiger partial charge in [-0.1, -0.05) is 23.4 Å². The second-order valence-electron chi connectivity index (χ2n) is 4.46. The van der Waals surface area contributed by atoms with E-state index in [4.69, 9.17) is 21.1 Å². The molecule has 0 aliphatic carbocycles. The summed E-state index contributed by atoms with van der Waals surface area (Å²) in [7, 11) is 3.14. The molecular weight excluding hydrogens is 316 g/mol. The van der Waals surface area contributed by atoms with Crippen LogP contribution in [0.3, 0.4) is 0 Å². The Morgan fingerprint density at radius 2 is 2.09 bits per heavy atom. The van der Waals surface area contributed by atoms with E-state index in [-0.39, 0.29) is 12.3 Å². The third-order valence-electron chi connectivity index (χ3n) is 2.89. The van der Waals surface area contributed by atoms with E-state index in [0.717, 1.165) is 0 Å². The second kappa shape index (κ2) is 8.06. The Kier molecular flexibility index (Phi) is 5.84. The molecule has 118 valence electrons. The van der Waals surface area contributed by atoms with Gasteiger partial charge in [-0.05, 0) is 30.3 Å². The highest BCUT2D eigenvalue weighted by Crippen LogP contribution is 2.22. The molecule has 0 radical (unpaired) electrons. The van der Waals surface area contributed by atoms with E-state index in [9.17, 15) is 4.79 Å². The van der Waals surface area contributed by atoms with E-state index in [1.165, 1.54) is 6.20 Å². The summed E-state index contributed by atoms with van der Waals surface area (Å²) in [5, 5.41) is 3.06. The van der Waals surface area contributed by atoms with E-state index in [0.29, 0.717) is 27.9 Å². The first-order valence-corrected chi connectivity index (χ1v) is 7.12. The smallest absolute Gasteiger partial charge is 0.236 e. The first-order valence-electron chi connectivity index (χ1n) is 6.74. The molecule has 0 saturated carbocycles. The van der Waals surface area contributed by atoms with Gasteiger partial charge in [-0.15, -0.1) is 0 Å². The van der Waals surface area contributed by atoms with Crippen LogP contribution in [0.25, 0.3) is 0 Å². The molecule has 6 heteroatoms. The van der Waals surface area contributed by atoms with Crippen LogP contribution >= 0.6 is 11.6 Å². The van der Waals surface area contributed by atoms with Crippen molar-refractivity contribution in [3.05, 3.63) is 47.2 Å². The number of methoxy groups -OCH3 is 2. The van der Waals surface area contributed by atoms with Crippen molar-refractivity contribution in [3.8, 4) is 23.3 Å². The normalized spacial score (nSPS) is 9.52. The Labute approximate surface area is 139 Å². The van der Waals surface area contributed by atoms with Crippen molar-refractivity contribution >= 4 is 23.2 Å². The molecule has 1 amide bonds. The van der Waals surface area contributed by atoms with Crippen LogP contribution in [0.2, 0.25) is 5.15 Å². The fourth-order valence-corrected chi connectivity index (χ4v) is 1.90. The van der Waals surface area contributed by atoms with Crippen molar-refractivity contribution in [2.45, 2.75) is 6.42 Å². The Morgan fingerprint density at radius 1 is 1.26 bits per heavy atom. The predicted molar refractivity (Wildman–Crippen MR) is 88.9 cm³/mol. The van der Waals surface area contributed by atoms with Gasteiger partial charge in [0.15, 0.2) is 0 Å². The molecular formula is C17H15ClN2O3. The van der Waals surface area contributed by atoms with Gasteiger partial charge in [-0.2, -0.15) is 0 Å². The van der Waals surface area contributed by atoms with Crippen molar-refractivity contribution in [1.29, 1.82) is 0 Å². The lowest BCUT2D eigenvalue weighted by Crippen LogP contribution is -2.10. The number of nitrogens with zero attached hydrogens (tertiary/aromatic N) is 1. The maximum atomic E-state index is 11.8. The minimum absolute atomic E-state index is 0.0446. The first-order chi connectivity index (χ1) is 11.1. The van der Waals surface area contributed by atoms with E-state index in [2.05, 4.69) is 22.1 Å². The van der Waals surface area contributed by atoms with Gasteiger partial charge >= 0.3 is 0 Å². The number of carbonyl (C=O) groups excluding carboxylic acids is 1. The van der Waals surface area contributed by atoms with Crippen LogP contribution in [0.15, 0.2) is 36.5 Å². The van der Waals surface area contributed by atoms with Gasteiger partial charge in [0, 0.05) is 0 Å². The molecule has 0 aliphatic rings. The molecule has 2 rings (SSSR count). The average molecular weight is 331 g/mol. The van der Waals surface area contributed by atoms with Gasteiger partial charge in [-0.25, -0.2) is 4.98 Å². The van der Waals surface area contributed by atoms with Crippen molar-refractivity contribution in [2.24, 2.45) is 0 Å². The summed E-state index contributed by atoms with van der Waals surface area (Å²) in [5.41, 5.74) is 1.23. The highest BCUT2D eigenvalue weighted by Gasteiger charge is 2.03. The van der Waals surface area contributed by atoms with E-state index in [1.807, 2.05) is 0 Å². The van der Waals surface area contributed by atoms with Gasteiger partial charge in [0.1, 0.15) is 16.7 Å². The number of hydrogen-bond acceptors (Lipinski definition) is 4. The Bertz CT molecular complexity index is 749. The molecule has 0 atom stereocenters. The number of benzene rings is 1. The molecule has 1 aromatic heterocycles. The predicted octanol–water partition coefficient (Wildman–Crippen LogP) is 3.13. The van der Waals surface area contributed by atoms with Crippen LogP contribution in [0.4, 0.5) is 5.69 Å². The molecule has 5 nitrogen and oxygen atoms in total. The van der Waals surface area contributed by atoms with Gasteiger partial charge in [0.2, 0.25) is 5.91 Å². The average Bonchev–Trinajstić information content (AvgIpc) is 2.57. The Morgan fingerprint density at radius 3 is 2.74 bits per heavy atom. The van der Waals surface area contributed by atoms with Crippen LogP contribution in [-0.2, 0) is 4.79 Å². The van der Waals surface area contributed by atoms with Gasteiger partial charge < -0.3 is 14.8 Å². The minimum Gasteiger partial charge on any atom is -0.497 e. The fourth-order valence-electron chi connectivity index (χ4n) is 1.79. The second-order valence-corrected chi connectivity index (χ2v) is 4.85.